The number of nitrogens with zero attached hydrogens (tertiary/aromatic N) is 2. The molecule has 2 N–H and O–H groups in total. The van der Waals surface area contributed by atoms with Crippen LogP contribution < -0.4 is 15.4 Å². The van der Waals surface area contributed by atoms with E-state index in [1.807, 2.05) is 36.2 Å². The molecule has 0 aliphatic rings. The molecule has 2 aromatic rings. The Morgan fingerprint density at radius 3 is 2.67 bits per heavy atom. The van der Waals surface area contributed by atoms with Crippen molar-refractivity contribution in [2.45, 2.75) is 0 Å². The fourth-order valence-corrected chi connectivity index (χ4v) is 1.91. The van der Waals surface area contributed by atoms with Crippen LogP contribution in [0, 0.1) is 0 Å². The van der Waals surface area contributed by atoms with Crippen LogP contribution in [0.2, 0.25) is 0 Å². The highest BCUT2D eigenvalue weighted by Crippen LogP contribution is 2.31. The Balaban J connectivity index is 2.60. The molecule has 0 amide bonds. The van der Waals surface area contributed by atoms with Crippen LogP contribution in [-0.2, 0) is 0 Å². The second-order valence-electron chi connectivity index (χ2n) is 4.01. The molecule has 0 spiro atoms. The smallest absolute Gasteiger partial charge is 0.195 e. The molecule has 0 saturated carbocycles. The number of rotatable bonds is 2. The van der Waals surface area contributed by atoms with Gasteiger partial charge in [0.25, 0.3) is 0 Å². The second kappa shape index (κ2) is 4.96. The molecule has 0 aromatic heterocycles. The zero-order chi connectivity index (χ0) is 13.1. The number of nitrogens with two attached hydrogens (primary N) is 1. The van der Waals surface area contributed by atoms with Crippen molar-refractivity contribution in [1.29, 1.82) is 0 Å². The molecule has 0 heterocycles. The Hall–Kier alpha value is -2.23. The van der Waals surface area contributed by atoms with Crippen LogP contribution in [0.1, 0.15) is 0 Å². The molecule has 0 aliphatic heterocycles. The van der Waals surface area contributed by atoms with Gasteiger partial charge >= 0.3 is 0 Å². The van der Waals surface area contributed by atoms with Gasteiger partial charge in [-0.1, -0.05) is 24.3 Å². The summed E-state index contributed by atoms with van der Waals surface area (Å²) in [6.07, 6.45) is 0. The first-order valence-electron chi connectivity index (χ1n) is 5.70. The highest BCUT2D eigenvalue weighted by molar-refractivity contribution is 5.99. The maximum Gasteiger partial charge on any atom is 0.195 e. The van der Waals surface area contributed by atoms with Gasteiger partial charge in [-0.3, -0.25) is 4.99 Å². The van der Waals surface area contributed by atoms with E-state index in [0.717, 1.165) is 22.2 Å². The molecule has 0 bridgehead atoms. The van der Waals surface area contributed by atoms with Crippen molar-refractivity contribution in [2.24, 2.45) is 10.7 Å². The Labute approximate surface area is 107 Å². The first-order chi connectivity index (χ1) is 8.67. The lowest BCUT2D eigenvalue weighted by molar-refractivity contribution is 0.420. The van der Waals surface area contributed by atoms with Gasteiger partial charge in [0, 0.05) is 31.2 Å². The molecule has 4 nitrogen and oxygen atoms in total. The monoisotopic (exact) mass is 243 g/mol. The van der Waals surface area contributed by atoms with Crippen molar-refractivity contribution in [3.8, 4) is 5.75 Å². The maximum absolute atomic E-state index is 5.82. The van der Waals surface area contributed by atoms with Gasteiger partial charge < -0.3 is 15.4 Å². The molecule has 0 radical (unpaired) electrons. The van der Waals surface area contributed by atoms with E-state index in [1.165, 1.54) is 0 Å². The summed E-state index contributed by atoms with van der Waals surface area (Å²) in [5.74, 6) is 1.30. The largest absolute Gasteiger partial charge is 0.496 e. The summed E-state index contributed by atoms with van der Waals surface area (Å²) < 4.78 is 5.42. The minimum Gasteiger partial charge on any atom is -0.496 e. The number of ether oxygens (including phenoxy) is 1. The fraction of sp³-hybridized carbons (Fsp3) is 0.214. The molecule has 0 unspecified atom stereocenters. The van der Waals surface area contributed by atoms with Gasteiger partial charge in [0.2, 0.25) is 0 Å². The standard InChI is InChI=1S/C14H17N3O/c1-16-14(15)17(2)11-8-10-6-4-5-7-12(10)13(9-11)18-3/h4-9H,1-3H3,(H2,15,16). The summed E-state index contributed by atoms with van der Waals surface area (Å²) in [7, 11) is 5.22. The van der Waals surface area contributed by atoms with Crippen molar-refractivity contribution in [3.63, 3.8) is 0 Å². The average molecular weight is 243 g/mol. The van der Waals surface area contributed by atoms with Crippen molar-refractivity contribution in [2.75, 3.05) is 26.1 Å². The molecule has 4 heteroatoms. The van der Waals surface area contributed by atoms with E-state index in [2.05, 4.69) is 17.1 Å². The summed E-state index contributed by atoms with van der Waals surface area (Å²) in [6, 6.07) is 12.1. The normalized spacial score (nSPS) is 11.6. The molecule has 2 aromatic carbocycles. The lowest BCUT2D eigenvalue weighted by atomic mass is 10.1. The van der Waals surface area contributed by atoms with Crippen LogP contribution in [0.15, 0.2) is 41.4 Å². The summed E-state index contributed by atoms with van der Waals surface area (Å²) in [4.78, 5) is 5.81. The Morgan fingerprint density at radius 1 is 1.28 bits per heavy atom. The topological polar surface area (TPSA) is 50.8 Å². The quantitative estimate of drug-likeness (QED) is 0.650. The number of hydrogen-bond donors (Lipinski definition) is 1. The van der Waals surface area contributed by atoms with E-state index < -0.39 is 0 Å². The zero-order valence-electron chi connectivity index (χ0n) is 10.8. The van der Waals surface area contributed by atoms with E-state index in [9.17, 15) is 0 Å². The third kappa shape index (κ3) is 2.09. The van der Waals surface area contributed by atoms with Crippen LogP contribution >= 0.6 is 0 Å². The Bertz CT molecular complexity index is 593. The number of hydrogen-bond acceptors (Lipinski definition) is 2. The van der Waals surface area contributed by atoms with E-state index in [0.29, 0.717) is 5.96 Å². The van der Waals surface area contributed by atoms with Gasteiger partial charge in [0.1, 0.15) is 5.75 Å². The second-order valence-corrected chi connectivity index (χ2v) is 4.01. The number of anilines is 1. The van der Waals surface area contributed by atoms with Gasteiger partial charge in [-0.05, 0) is 11.5 Å². The number of aliphatic imine (C=N–C) groups is 1. The van der Waals surface area contributed by atoms with Gasteiger partial charge in [-0.2, -0.15) is 0 Å². The van der Waals surface area contributed by atoms with E-state index in [-0.39, 0.29) is 0 Å². The van der Waals surface area contributed by atoms with Gasteiger partial charge in [-0.15, -0.1) is 0 Å². The SMILES string of the molecule is CN=C(N)N(C)c1cc(OC)c2ccccc2c1. The van der Waals surface area contributed by atoms with Crippen molar-refractivity contribution in [1.82, 2.24) is 0 Å². The maximum atomic E-state index is 5.82. The summed E-state index contributed by atoms with van der Waals surface area (Å²) in [6.45, 7) is 0. The van der Waals surface area contributed by atoms with E-state index in [4.69, 9.17) is 10.5 Å². The molecular formula is C14H17N3O. The van der Waals surface area contributed by atoms with Gasteiger partial charge in [0.05, 0.1) is 7.11 Å². The Morgan fingerprint density at radius 2 is 2.00 bits per heavy atom. The first-order valence-corrected chi connectivity index (χ1v) is 5.70. The third-order valence-corrected chi connectivity index (χ3v) is 2.99. The third-order valence-electron chi connectivity index (χ3n) is 2.99. The highest BCUT2D eigenvalue weighted by Gasteiger charge is 2.09. The molecule has 94 valence electrons. The molecule has 0 aliphatic carbocycles. The van der Waals surface area contributed by atoms with Crippen LogP contribution in [0.3, 0.4) is 0 Å². The van der Waals surface area contributed by atoms with Crippen molar-refractivity contribution < 1.29 is 4.74 Å². The predicted octanol–water partition coefficient (Wildman–Crippen LogP) is 2.23. The van der Waals surface area contributed by atoms with Crippen LogP contribution in [0.5, 0.6) is 5.75 Å². The minimum atomic E-state index is 0.465. The van der Waals surface area contributed by atoms with Crippen molar-refractivity contribution >= 4 is 22.4 Å². The number of benzene rings is 2. The molecule has 0 fully saturated rings. The minimum absolute atomic E-state index is 0.465. The van der Waals surface area contributed by atoms with Crippen LogP contribution in [0.4, 0.5) is 5.69 Å². The van der Waals surface area contributed by atoms with Crippen molar-refractivity contribution in [3.05, 3.63) is 36.4 Å². The number of guanidine groups is 1. The van der Waals surface area contributed by atoms with Crippen LogP contribution in [-0.4, -0.2) is 27.2 Å². The lowest BCUT2D eigenvalue weighted by Gasteiger charge is -2.19. The first kappa shape index (κ1) is 12.2. The van der Waals surface area contributed by atoms with Crippen LogP contribution in [0.25, 0.3) is 10.8 Å². The molecule has 2 rings (SSSR count). The number of fused-ring (bicyclic) bond motifs is 1. The average Bonchev–Trinajstić information content (AvgIpc) is 2.44. The summed E-state index contributed by atoms with van der Waals surface area (Å²) >= 11 is 0. The lowest BCUT2D eigenvalue weighted by Crippen LogP contribution is -2.33. The molecule has 0 saturated heterocycles. The summed E-state index contributed by atoms with van der Waals surface area (Å²) in [5, 5.41) is 2.20. The Kier molecular flexibility index (Phi) is 3.37. The van der Waals surface area contributed by atoms with E-state index in [1.54, 1.807) is 14.2 Å². The zero-order valence-corrected chi connectivity index (χ0v) is 10.8. The van der Waals surface area contributed by atoms with Gasteiger partial charge in [0.15, 0.2) is 5.96 Å². The predicted molar refractivity (Wildman–Crippen MR) is 76.4 cm³/mol. The molecule has 0 atom stereocenters. The molecule has 18 heavy (non-hydrogen) atoms. The number of methoxy groups -OCH3 is 1. The highest BCUT2D eigenvalue weighted by atomic mass is 16.5. The van der Waals surface area contributed by atoms with E-state index >= 15 is 0 Å². The van der Waals surface area contributed by atoms with Gasteiger partial charge in [-0.25, -0.2) is 0 Å². The fourth-order valence-electron chi connectivity index (χ4n) is 1.91. The molecular weight excluding hydrogens is 226 g/mol. The summed E-state index contributed by atoms with van der Waals surface area (Å²) in [5.41, 5.74) is 6.77.